The molecule has 0 radical (unpaired) electrons. The number of fused-ring (bicyclic) bond motifs is 10. The fraction of sp³-hybridized carbons (Fsp3) is 0.0192. The van der Waals surface area contributed by atoms with Crippen LogP contribution in [0.2, 0.25) is 0 Å². The van der Waals surface area contributed by atoms with Crippen molar-refractivity contribution in [1.29, 1.82) is 0 Å². The molecule has 0 saturated heterocycles. The number of hydrogen-bond acceptors (Lipinski definition) is 3. The van der Waals surface area contributed by atoms with E-state index in [9.17, 15) is 0 Å². The van der Waals surface area contributed by atoms with Crippen LogP contribution in [0.15, 0.2) is 199 Å². The Balaban J connectivity index is 1.02. The summed E-state index contributed by atoms with van der Waals surface area (Å²) in [5.74, 6) is 0. The van der Waals surface area contributed by atoms with E-state index in [2.05, 4.69) is 204 Å². The van der Waals surface area contributed by atoms with Gasteiger partial charge >= 0.3 is 0 Å². The molecule has 8 aromatic carbocycles. The lowest BCUT2D eigenvalue weighted by atomic mass is 10.00. The third-order valence-electron chi connectivity index (χ3n) is 11.1. The Hall–Kier alpha value is -7.43. The van der Waals surface area contributed by atoms with Crippen molar-refractivity contribution in [2.24, 2.45) is 0 Å². The summed E-state index contributed by atoms with van der Waals surface area (Å²) in [4.78, 5) is 7.43. The first-order chi connectivity index (χ1) is 27.7. The quantitative estimate of drug-likeness (QED) is 0.172. The van der Waals surface area contributed by atoms with Crippen LogP contribution in [0.4, 0.5) is 17.1 Å². The minimum atomic E-state index is 0.857. The number of furan rings is 1. The molecule has 4 heteroatoms. The molecule has 0 N–H and O–H groups in total. The lowest BCUT2D eigenvalue weighted by Crippen LogP contribution is -2.09. The van der Waals surface area contributed by atoms with Crippen molar-refractivity contribution < 1.29 is 4.42 Å². The summed E-state index contributed by atoms with van der Waals surface area (Å²) in [5, 5.41) is 3.21. The van der Waals surface area contributed by atoms with E-state index in [1.807, 2.05) is 6.07 Å². The van der Waals surface area contributed by atoms with Crippen molar-refractivity contribution in [3.63, 3.8) is 0 Å². The van der Waals surface area contributed by atoms with Gasteiger partial charge in [0, 0.05) is 33.2 Å². The Morgan fingerprint density at radius 1 is 0.464 bits per heavy atom. The molecule has 0 aliphatic heterocycles. The Kier molecular flexibility index (Phi) is 7.36. The molecule has 0 unspecified atom stereocenters. The molecule has 11 aromatic rings. The highest BCUT2D eigenvalue weighted by atomic mass is 16.3. The fourth-order valence-corrected chi connectivity index (χ4v) is 8.35. The van der Waals surface area contributed by atoms with E-state index >= 15 is 0 Å². The highest BCUT2D eigenvalue weighted by Gasteiger charge is 2.20. The summed E-state index contributed by atoms with van der Waals surface area (Å²) >= 11 is 0. The molecule has 0 aliphatic rings. The van der Waals surface area contributed by atoms with Crippen LogP contribution in [-0.2, 0) is 0 Å². The third-order valence-corrected chi connectivity index (χ3v) is 11.1. The average Bonchev–Trinajstić information content (AvgIpc) is 3.84. The zero-order valence-corrected chi connectivity index (χ0v) is 30.7. The SMILES string of the molecule is Cc1ccccc1-c1ccc(N(c2ccc(-c3ccccc3)cc2)c2ccc(-c3ccc4oc5c6ccccc6c6nc7ccccc7n6c5c4c3)cc2)cc1. The van der Waals surface area contributed by atoms with Gasteiger partial charge < -0.3 is 9.32 Å². The Labute approximate surface area is 324 Å². The molecule has 264 valence electrons. The largest absolute Gasteiger partial charge is 0.454 e. The van der Waals surface area contributed by atoms with Crippen LogP contribution in [0.1, 0.15) is 5.56 Å². The Morgan fingerprint density at radius 2 is 1.02 bits per heavy atom. The smallest absolute Gasteiger partial charge is 0.160 e. The van der Waals surface area contributed by atoms with Gasteiger partial charge in [-0.2, -0.15) is 0 Å². The van der Waals surface area contributed by atoms with E-state index in [4.69, 9.17) is 9.40 Å². The van der Waals surface area contributed by atoms with Crippen LogP contribution in [0, 0.1) is 6.92 Å². The number of aryl methyl sites for hydroxylation is 1. The molecule has 11 rings (SSSR count). The molecular weight excluding hydrogens is 683 g/mol. The molecule has 3 aromatic heterocycles. The number of aromatic nitrogens is 2. The van der Waals surface area contributed by atoms with Gasteiger partial charge in [0.05, 0.1) is 11.0 Å². The van der Waals surface area contributed by atoms with E-state index in [1.165, 1.54) is 27.8 Å². The highest BCUT2D eigenvalue weighted by Crippen LogP contribution is 2.41. The van der Waals surface area contributed by atoms with Gasteiger partial charge in [-0.15, -0.1) is 0 Å². The summed E-state index contributed by atoms with van der Waals surface area (Å²) in [6.07, 6.45) is 0. The second-order valence-corrected chi connectivity index (χ2v) is 14.5. The number of nitrogens with zero attached hydrogens (tertiary/aromatic N) is 3. The Morgan fingerprint density at radius 3 is 1.73 bits per heavy atom. The molecule has 0 fully saturated rings. The van der Waals surface area contributed by atoms with Crippen LogP contribution in [-0.4, -0.2) is 9.38 Å². The van der Waals surface area contributed by atoms with Crippen LogP contribution in [0.5, 0.6) is 0 Å². The molecule has 0 bridgehead atoms. The van der Waals surface area contributed by atoms with E-state index in [0.717, 1.165) is 77.7 Å². The summed E-state index contributed by atoms with van der Waals surface area (Å²) in [6.45, 7) is 2.17. The van der Waals surface area contributed by atoms with Crippen LogP contribution >= 0.6 is 0 Å². The fourth-order valence-electron chi connectivity index (χ4n) is 8.35. The van der Waals surface area contributed by atoms with Gasteiger partial charge in [0.2, 0.25) is 0 Å². The molecule has 56 heavy (non-hydrogen) atoms. The van der Waals surface area contributed by atoms with Crippen LogP contribution < -0.4 is 4.90 Å². The molecule has 0 aliphatic carbocycles. The van der Waals surface area contributed by atoms with Gasteiger partial charge in [0.25, 0.3) is 0 Å². The maximum Gasteiger partial charge on any atom is 0.160 e. The van der Waals surface area contributed by atoms with Gasteiger partial charge in [-0.1, -0.05) is 133 Å². The van der Waals surface area contributed by atoms with Crippen molar-refractivity contribution in [3.05, 3.63) is 200 Å². The number of hydrogen-bond donors (Lipinski definition) is 0. The lowest BCUT2D eigenvalue weighted by Gasteiger charge is -2.26. The predicted molar refractivity (Wildman–Crippen MR) is 233 cm³/mol. The third kappa shape index (κ3) is 5.19. The number of anilines is 3. The van der Waals surface area contributed by atoms with Gasteiger partial charge in [-0.3, -0.25) is 4.40 Å². The molecule has 4 nitrogen and oxygen atoms in total. The number of para-hydroxylation sites is 2. The number of rotatable bonds is 6. The van der Waals surface area contributed by atoms with Gasteiger partial charge in [0.1, 0.15) is 16.7 Å². The van der Waals surface area contributed by atoms with E-state index in [-0.39, 0.29) is 0 Å². The van der Waals surface area contributed by atoms with Crippen molar-refractivity contribution in [2.45, 2.75) is 6.92 Å². The number of pyridine rings is 1. The summed E-state index contributed by atoms with van der Waals surface area (Å²) in [5.41, 5.74) is 17.4. The topological polar surface area (TPSA) is 33.7 Å². The molecule has 0 atom stereocenters. The summed E-state index contributed by atoms with van der Waals surface area (Å²) < 4.78 is 8.93. The molecule has 0 amide bonds. The maximum atomic E-state index is 6.66. The number of benzene rings is 8. The second kappa shape index (κ2) is 12.9. The second-order valence-electron chi connectivity index (χ2n) is 14.5. The number of imidazole rings is 1. The van der Waals surface area contributed by atoms with Gasteiger partial charge in [0.15, 0.2) is 5.58 Å². The van der Waals surface area contributed by atoms with E-state index < -0.39 is 0 Å². The van der Waals surface area contributed by atoms with Crippen molar-refractivity contribution in [3.8, 4) is 33.4 Å². The predicted octanol–water partition coefficient (Wildman–Crippen LogP) is 14.3. The summed E-state index contributed by atoms with van der Waals surface area (Å²) in [6, 6.07) is 69.0. The van der Waals surface area contributed by atoms with Crippen molar-refractivity contribution in [1.82, 2.24) is 9.38 Å². The lowest BCUT2D eigenvalue weighted by molar-refractivity contribution is 0.672. The van der Waals surface area contributed by atoms with Gasteiger partial charge in [-0.05, 0) is 107 Å². The first-order valence-electron chi connectivity index (χ1n) is 19.0. The first kappa shape index (κ1) is 32.0. The first-order valence-corrected chi connectivity index (χ1v) is 19.0. The standard InChI is InChI=1S/C52H35N3O/c1-34-11-5-6-14-43(34)38-23-30-42(31-24-38)54(40-26-19-36(20-27-40)35-12-3-2-4-13-35)41-28-21-37(22-29-41)39-25-32-49-46(33-39)50-51(56-49)44-15-7-8-16-45(44)52-53-47-17-9-10-18-48(47)55(50)52/h2-33H,1H3. The molecular formula is C52H35N3O. The van der Waals surface area contributed by atoms with Crippen LogP contribution in [0.3, 0.4) is 0 Å². The molecule has 0 spiro atoms. The minimum absolute atomic E-state index is 0.857. The minimum Gasteiger partial charge on any atom is -0.454 e. The van der Waals surface area contributed by atoms with Crippen molar-refractivity contribution >= 4 is 66.6 Å². The van der Waals surface area contributed by atoms with Gasteiger partial charge in [-0.25, -0.2) is 4.98 Å². The average molecular weight is 718 g/mol. The monoisotopic (exact) mass is 717 g/mol. The zero-order chi connectivity index (χ0) is 37.2. The van der Waals surface area contributed by atoms with E-state index in [0.29, 0.717) is 0 Å². The molecule has 3 heterocycles. The normalized spacial score (nSPS) is 11.7. The Bertz CT molecular complexity index is 3230. The van der Waals surface area contributed by atoms with Crippen molar-refractivity contribution in [2.75, 3.05) is 4.90 Å². The van der Waals surface area contributed by atoms with Crippen LogP contribution in [0.25, 0.3) is 82.9 Å². The maximum absolute atomic E-state index is 6.66. The zero-order valence-electron chi connectivity index (χ0n) is 30.7. The summed E-state index contributed by atoms with van der Waals surface area (Å²) in [7, 11) is 0. The highest BCUT2D eigenvalue weighted by molar-refractivity contribution is 6.19. The van der Waals surface area contributed by atoms with E-state index in [1.54, 1.807) is 0 Å². The molecule has 0 saturated carbocycles.